The molecule has 4 heterocycles. The number of hydrogen-bond donors (Lipinski definition) is 4. The molecule has 3 aromatic rings. The highest BCUT2D eigenvalue weighted by Gasteiger charge is 2.40. The smallest absolute Gasteiger partial charge is 0.274 e. The third-order valence-corrected chi connectivity index (χ3v) is 9.16. The Balaban J connectivity index is 0.000000201. The quantitative estimate of drug-likeness (QED) is 0.229. The number of ether oxygens (including phenoxy) is 1. The standard InChI is InChI=1S/C20H26N4O3.C10H16N2O2.C7H12N2/c1-4-27-18-8-6-5-7-15(18)19(25)21-14-9-10-24(12-14)20(26)17-11-16(13(2)3)22-23-17;1-7-4-9(7)10(14)11-8-2-3-12(5-8)6-13;1-5(2)7-4-6(3)8-9-7/h5-8,11,13-14H,4,9-10,12H2,1-3H3,(H,21,25)(H,22,23);6-9H,2-5H2,1H3,(H,11,14);4-5H,1-3H3,(H,8,9). The first-order valence-electron chi connectivity index (χ1n) is 17.8. The topological polar surface area (TPSA) is 165 Å². The van der Waals surface area contributed by atoms with E-state index in [1.54, 1.807) is 28.0 Å². The van der Waals surface area contributed by atoms with Gasteiger partial charge < -0.3 is 25.2 Å². The van der Waals surface area contributed by atoms with Crippen LogP contribution in [0.5, 0.6) is 5.75 Å². The van der Waals surface area contributed by atoms with E-state index in [-0.39, 0.29) is 41.6 Å². The zero-order valence-corrected chi connectivity index (χ0v) is 30.5. The van der Waals surface area contributed by atoms with Crippen LogP contribution in [0.15, 0.2) is 36.4 Å². The first-order valence-corrected chi connectivity index (χ1v) is 17.8. The van der Waals surface area contributed by atoms with Gasteiger partial charge in [-0.2, -0.15) is 10.2 Å². The molecule has 4 unspecified atom stereocenters. The van der Waals surface area contributed by atoms with Crippen molar-refractivity contribution in [3.05, 3.63) is 64.7 Å². The number of H-pyrrole nitrogens is 2. The maximum absolute atomic E-state index is 12.6. The van der Waals surface area contributed by atoms with Crippen LogP contribution in [0.4, 0.5) is 0 Å². The van der Waals surface area contributed by atoms with Crippen LogP contribution in [-0.2, 0) is 9.59 Å². The van der Waals surface area contributed by atoms with Gasteiger partial charge in [0, 0.05) is 55.6 Å². The van der Waals surface area contributed by atoms with Crippen molar-refractivity contribution in [1.29, 1.82) is 0 Å². The van der Waals surface area contributed by atoms with Crippen molar-refractivity contribution in [3.8, 4) is 5.75 Å². The second-order valence-electron chi connectivity index (χ2n) is 14.0. The predicted molar refractivity (Wildman–Crippen MR) is 191 cm³/mol. The first-order chi connectivity index (χ1) is 23.9. The van der Waals surface area contributed by atoms with E-state index in [1.807, 2.05) is 39.8 Å². The van der Waals surface area contributed by atoms with Crippen molar-refractivity contribution in [3.63, 3.8) is 0 Å². The van der Waals surface area contributed by atoms with E-state index in [9.17, 15) is 19.2 Å². The lowest BCUT2D eigenvalue weighted by Gasteiger charge is -2.17. The fourth-order valence-electron chi connectivity index (χ4n) is 5.90. The van der Waals surface area contributed by atoms with Gasteiger partial charge in [-0.05, 0) is 75.1 Å². The molecule has 272 valence electrons. The fraction of sp³-hybridized carbons (Fsp3) is 0.568. The molecular weight excluding hydrogens is 636 g/mol. The van der Waals surface area contributed by atoms with Gasteiger partial charge in [0.2, 0.25) is 12.3 Å². The SMILES string of the molecule is CC1CC1C(=O)NC1CCN(C=O)C1.CCOc1ccccc1C(=O)NC1CCN(C(=O)c2cc(C(C)C)[nH]n2)C1.Cc1cc(C(C)C)n[nH]1. The molecule has 3 aliphatic rings. The molecule has 2 aromatic heterocycles. The summed E-state index contributed by atoms with van der Waals surface area (Å²) in [6.07, 6.45) is 3.49. The van der Waals surface area contributed by atoms with Gasteiger partial charge in [-0.1, -0.05) is 46.8 Å². The zero-order chi connectivity index (χ0) is 36.4. The number of benzene rings is 1. The van der Waals surface area contributed by atoms with Crippen molar-refractivity contribution in [2.45, 2.75) is 91.6 Å². The highest BCUT2D eigenvalue weighted by Crippen LogP contribution is 2.37. The minimum atomic E-state index is -0.180. The molecule has 0 spiro atoms. The average Bonchev–Trinajstić information content (AvgIpc) is 3.67. The van der Waals surface area contributed by atoms with E-state index >= 15 is 0 Å². The van der Waals surface area contributed by atoms with Gasteiger partial charge in [-0.15, -0.1) is 0 Å². The number of carbonyl (C=O) groups is 4. The molecule has 4 atom stereocenters. The van der Waals surface area contributed by atoms with E-state index in [1.165, 1.54) is 0 Å². The summed E-state index contributed by atoms with van der Waals surface area (Å²) in [5.74, 6) is 2.07. The normalized spacial score (nSPS) is 20.8. The minimum absolute atomic E-state index is 0.0837. The number of likely N-dealkylation sites (tertiary alicyclic amines) is 2. The van der Waals surface area contributed by atoms with E-state index in [0.717, 1.165) is 49.3 Å². The number of nitrogens with one attached hydrogen (secondary N) is 4. The number of aromatic nitrogens is 4. The second-order valence-corrected chi connectivity index (χ2v) is 14.0. The molecule has 3 fully saturated rings. The average molecular weight is 691 g/mol. The van der Waals surface area contributed by atoms with Gasteiger partial charge in [0.25, 0.3) is 11.8 Å². The van der Waals surface area contributed by atoms with Gasteiger partial charge in [0.05, 0.1) is 17.9 Å². The van der Waals surface area contributed by atoms with Gasteiger partial charge >= 0.3 is 0 Å². The van der Waals surface area contributed by atoms with Gasteiger partial charge in [0.1, 0.15) is 11.4 Å². The predicted octanol–water partition coefficient (Wildman–Crippen LogP) is 4.41. The fourth-order valence-corrected chi connectivity index (χ4v) is 5.90. The molecule has 1 aliphatic carbocycles. The van der Waals surface area contributed by atoms with E-state index in [4.69, 9.17) is 4.74 Å². The summed E-state index contributed by atoms with van der Waals surface area (Å²) in [6.45, 7) is 17.4. The van der Waals surface area contributed by atoms with E-state index in [2.05, 4.69) is 57.9 Å². The van der Waals surface area contributed by atoms with Crippen LogP contribution >= 0.6 is 0 Å². The summed E-state index contributed by atoms with van der Waals surface area (Å²) in [6, 6.07) is 11.2. The zero-order valence-electron chi connectivity index (χ0n) is 30.5. The number of aryl methyl sites for hydroxylation is 1. The molecule has 0 radical (unpaired) electrons. The lowest BCUT2D eigenvalue weighted by atomic mass is 10.1. The van der Waals surface area contributed by atoms with Crippen LogP contribution in [0.3, 0.4) is 0 Å². The van der Waals surface area contributed by atoms with Gasteiger partial charge in [-0.3, -0.25) is 29.4 Å². The third-order valence-electron chi connectivity index (χ3n) is 9.16. The summed E-state index contributed by atoms with van der Waals surface area (Å²) >= 11 is 0. The summed E-state index contributed by atoms with van der Waals surface area (Å²) < 4.78 is 5.52. The van der Waals surface area contributed by atoms with Crippen molar-refractivity contribution in [2.75, 3.05) is 32.8 Å². The van der Waals surface area contributed by atoms with Crippen LogP contribution in [0.2, 0.25) is 0 Å². The molecule has 2 saturated heterocycles. The number of hydrogen-bond acceptors (Lipinski definition) is 7. The molecule has 4 amide bonds. The van der Waals surface area contributed by atoms with Crippen LogP contribution in [0, 0.1) is 18.8 Å². The van der Waals surface area contributed by atoms with E-state index in [0.29, 0.717) is 55.1 Å². The largest absolute Gasteiger partial charge is 0.493 e. The number of rotatable bonds is 10. The molecule has 6 rings (SSSR count). The molecular formula is C37H54N8O5. The lowest BCUT2D eigenvalue weighted by Crippen LogP contribution is -2.38. The van der Waals surface area contributed by atoms with Crippen molar-refractivity contribution < 1.29 is 23.9 Å². The summed E-state index contributed by atoms with van der Waals surface area (Å²) in [5.41, 5.74) is 4.16. The van der Waals surface area contributed by atoms with Crippen LogP contribution in [-0.4, -0.2) is 99.2 Å². The van der Waals surface area contributed by atoms with Gasteiger partial charge in [-0.25, -0.2) is 0 Å². The highest BCUT2D eigenvalue weighted by atomic mass is 16.5. The Morgan fingerprint density at radius 2 is 1.68 bits per heavy atom. The molecule has 1 saturated carbocycles. The number of aromatic amines is 2. The van der Waals surface area contributed by atoms with Crippen LogP contribution in [0.25, 0.3) is 0 Å². The molecule has 4 N–H and O–H groups in total. The minimum Gasteiger partial charge on any atom is -0.493 e. The number of nitrogens with zero attached hydrogens (tertiary/aromatic N) is 4. The van der Waals surface area contributed by atoms with E-state index < -0.39 is 0 Å². The molecule has 1 aromatic carbocycles. The second kappa shape index (κ2) is 17.8. The van der Waals surface area contributed by atoms with Crippen molar-refractivity contribution in [1.82, 2.24) is 40.8 Å². The summed E-state index contributed by atoms with van der Waals surface area (Å²) in [4.78, 5) is 50.7. The number of carbonyl (C=O) groups excluding carboxylic acids is 4. The summed E-state index contributed by atoms with van der Waals surface area (Å²) in [7, 11) is 0. The summed E-state index contributed by atoms with van der Waals surface area (Å²) in [5, 5.41) is 20.0. The molecule has 13 heteroatoms. The molecule has 13 nitrogen and oxygen atoms in total. The number of amides is 4. The Morgan fingerprint density at radius 1 is 0.980 bits per heavy atom. The van der Waals surface area contributed by atoms with Crippen molar-refractivity contribution >= 4 is 24.1 Å². The molecule has 0 bridgehead atoms. The monoisotopic (exact) mass is 690 g/mol. The highest BCUT2D eigenvalue weighted by molar-refractivity contribution is 5.97. The Labute approximate surface area is 295 Å². The Hall–Kier alpha value is -4.68. The van der Waals surface area contributed by atoms with Crippen LogP contribution in [0.1, 0.15) is 111 Å². The maximum atomic E-state index is 12.6. The Morgan fingerprint density at radius 3 is 2.24 bits per heavy atom. The first kappa shape index (κ1) is 38.1. The van der Waals surface area contributed by atoms with Gasteiger partial charge in [0.15, 0.2) is 0 Å². The van der Waals surface area contributed by atoms with Crippen molar-refractivity contribution in [2.24, 2.45) is 11.8 Å². The maximum Gasteiger partial charge on any atom is 0.274 e. The third kappa shape index (κ3) is 10.7. The molecule has 50 heavy (non-hydrogen) atoms. The van der Waals surface area contributed by atoms with Crippen LogP contribution < -0.4 is 15.4 Å². The Kier molecular flexibility index (Phi) is 13.6. The Bertz CT molecular complexity index is 1580. The molecule has 2 aliphatic heterocycles. The lowest BCUT2D eigenvalue weighted by molar-refractivity contribution is -0.123. The number of para-hydroxylation sites is 1.